The summed E-state index contributed by atoms with van der Waals surface area (Å²) in [5.41, 5.74) is 2.04. The second-order valence-electron chi connectivity index (χ2n) is 3.08. The molecule has 0 aliphatic heterocycles. The van der Waals surface area contributed by atoms with Crippen LogP contribution in [-0.4, -0.2) is 24.1 Å². The van der Waals surface area contributed by atoms with Gasteiger partial charge in [0, 0.05) is 14.1 Å². The molecule has 4 heteroatoms. The summed E-state index contributed by atoms with van der Waals surface area (Å²) in [6, 6.07) is 2.09. The molecule has 0 fully saturated rings. The van der Waals surface area contributed by atoms with Crippen LogP contribution in [0.1, 0.15) is 17.0 Å². The van der Waals surface area contributed by atoms with Gasteiger partial charge in [0.2, 0.25) is 5.95 Å². The van der Waals surface area contributed by atoms with Gasteiger partial charge < -0.3 is 4.90 Å². The highest BCUT2D eigenvalue weighted by Gasteiger charge is 2.08. The molecule has 0 aliphatic rings. The molecule has 0 aromatic carbocycles. The molecule has 0 radical (unpaired) electrons. The van der Waals surface area contributed by atoms with Crippen LogP contribution in [0, 0.1) is 25.2 Å². The van der Waals surface area contributed by atoms with Gasteiger partial charge in [-0.25, -0.2) is 9.97 Å². The lowest BCUT2D eigenvalue weighted by Gasteiger charge is -2.11. The van der Waals surface area contributed by atoms with Crippen molar-refractivity contribution in [2.45, 2.75) is 13.8 Å². The smallest absolute Gasteiger partial charge is 0.225 e. The Kier molecular flexibility index (Phi) is 2.47. The Labute approximate surface area is 77.8 Å². The Morgan fingerprint density at radius 1 is 1.15 bits per heavy atom. The first kappa shape index (κ1) is 9.46. The first-order valence-corrected chi connectivity index (χ1v) is 3.99. The van der Waals surface area contributed by atoms with E-state index in [1.54, 1.807) is 0 Å². The van der Waals surface area contributed by atoms with E-state index in [0.29, 0.717) is 11.5 Å². The lowest BCUT2D eigenvalue weighted by atomic mass is 10.2. The van der Waals surface area contributed by atoms with Gasteiger partial charge in [0.1, 0.15) is 6.07 Å². The molecule has 1 aromatic rings. The lowest BCUT2D eigenvalue weighted by molar-refractivity contribution is 0.949. The SMILES string of the molecule is Cc1nc(N(C)C)nc(C)c1C#N. The van der Waals surface area contributed by atoms with E-state index in [4.69, 9.17) is 5.26 Å². The van der Waals surface area contributed by atoms with E-state index in [1.807, 2.05) is 32.8 Å². The van der Waals surface area contributed by atoms with Gasteiger partial charge in [-0.15, -0.1) is 0 Å². The first-order valence-electron chi connectivity index (χ1n) is 3.99. The standard InChI is InChI=1S/C9H12N4/c1-6-8(5-10)7(2)12-9(11-6)13(3)4/h1-4H3. The van der Waals surface area contributed by atoms with Crippen molar-refractivity contribution in [1.29, 1.82) is 5.26 Å². The van der Waals surface area contributed by atoms with Crippen molar-refractivity contribution in [2.75, 3.05) is 19.0 Å². The first-order chi connectivity index (χ1) is 6.06. The zero-order valence-corrected chi connectivity index (χ0v) is 8.29. The lowest BCUT2D eigenvalue weighted by Crippen LogP contribution is -2.14. The topological polar surface area (TPSA) is 52.8 Å². The zero-order chi connectivity index (χ0) is 10.0. The summed E-state index contributed by atoms with van der Waals surface area (Å²) in [4.78, 5) is 10.2. The van der Waals surface area contributed by atoms with Gasteiger partial charge in [0.15, 0.2) is 0 Å². The Morgan fingerprint density at radius 3 is 1.92 bits per heavy atom. The molecule has 1 aromatic heterocycles. The highest BCUT2D eigenvalue weighted by atomic mass is 15.2. The monoisotopic (exact) mass is 176 g/mol. The molecule has 0 unspecified atom stereocenters. The Balaban J connectivity index is 3.30. The Morgan fingerprint density at radius 2 is 1.62 bits per heavy atom. The predicted molar refractivity (Wildman–Crippen MR) is 50.5 cm³/mol. The van der Waals surface area contributed by atoms with Crippen LogP contribution in [0.15, 0.2) is 0 Å². The van der Waals surface area contributed by atoms with E-state index in [1.165, 1.54) is 0 Å². The minimum Gasteiger partial charge on any atom is -0.347 e. The molecule has 0 amide bonds. The highest BCUT2D eigenvalue weighted by molar-refractivity contribution is 5.41. The summed E-state index contributed by atoms with van der Waals surface area (Å²) >= 11 is 0. The highest BCUT2D eigenvalue weighted by Crippen LogP contribution is 2.12. The zero-order valence-electron chi connectivity index (χ0n) is 8.29. The van der Waals surface area contributed by atoms with Gasteiger partial charge in [-0.05, 0) is 13.8 Å². The van der Waals surface area contributed by atoms with Crippen LogP contribution in [0.25, 0.3) is 0 Å². The predicted octanol–water partition coefficient (Wildman–Crippen LogP) is 1.03. The van der Waals surface area contributed by atoms with Gasteiger partial charge in [0.05, 0.1) is 17.0 Å². The van der Waals surface area contributed by atoms with Crippen LogP contribution >= 0.6 is 0 Å². The number of hydrogen-bond donors (Lipinski definition) is 0. The fourth-order valence-electron chi connectivity index (χ4n) is 1.06. The molecule has 68 valence electrons. The third kappa shape index (κ3) is 1.75. The maximum atomic E-state index is 8.79. The normalized spacial score (nSPS) is 9.46. The van der Waals surface area contributed by atoms with Crippen LogP contribution in [0.3, 0.4) is 0 Å². The quantitative estimate of drug-likeness (QED) is 0.641. The van der Waals surface area contributed by atoms with Crippen LogP contribution in [0.4, 0.5) is 5.95 Å². The number of hydrogen-bond acceptors (Lipinski definition) is 4. The van der Waals surface area contributed by atoms with Crippen molar-refractivity contribution in [1.82, 2.24) is 9.97 Å². The second kappa shape index (κ2) is 3.40. The van der Waals surface area contributed by atoms with E-state index in [-0.39, 0.29) is 0 Å². The van der Waals surface area contributed by atoms with Gasteiger partial charge in [-0.1, -0.05) is 0 Å². The summed E-state index contributed by atoms with van der Waals surface area (Å²) in [5.74, 6) is 0.647. The van der Waals surface area contributed by atoms with E-state index >= 15 is 0 Å². The third-order valence-corrected chi connectivity index (χ3v) is 1.77. The number of nitrogens with zero attached hydrogens (tertiary/aromatic N) is 4. The maximum absolute atomic E-state index is 8.79. The van der Waals surface area contributed by atoms with Crippen molar-refractivity contribution in [3.05, 3.63) is 17.0 Å². The number of rotatable bonds is 1. The molecule has 1 rings (SSSR count). The summed E-state index contributed by atoms with van der Waals surface area (Å²) in [6.45, 7) is 3.64. The molecular formula is C9H12N4. The number of anilines is 1. The average Bonchev–Trinajstić information content (AvgIpc) is 2.03. The summed E-state index contributed by atoms with van der Waals surface area (Å²) in [7, 11) is 3.75. The van der Waals surface area contributed by atoms with Crippen molar-refractivity contribution in [3.8, 4) is 6.07 Å². The van der Waals surface area contributed by atoms with Crippen LogP contribution in [0.5, 0.6) is 0 Å². The Hall–Kier alpha value is -1.63. The van der Waals surface area contributed by atoms with Crippen LogP contribution in [0.2, 0.25) is 0 Å². The summed E-state index contributed by atoms with van der Waals surface area (Å²) in [6.07, 6.45) is 0. The molecule has 0 saturated heterocycles. The third-order valence-electron chi connectivity index (χ3n) is 1.77. The molecule has 0 aliphatic carbocycles. The minimum atomic E-state index is 0.575. The Bertz CT molecular complexity index is 339. The van der Waals surface area contributed by atoms with Crippen molar-refractivity contribution in [2.24, 2.45) is 0 Å². The molecule has 0 bridgehead atoms. The van der Waals surface area contributed by atoms with Crippen LogP contribution < -0.4 is 4.90 Å². The van der Waals surface area contributed by atoms with E-state index < -0.39 is 0 Å². The molecule has 4 nitrogen and oxygen atoms in total. The largest absolute Gasteiger partial charge is 0.347 e. The molecule has 0 atom stereocenters. The summed E-state index contributed by atoms with van der Waals surface area (Å²) in [5, 5.41) is 8.79. The number of aromatic nitrogens is 2. The van der Waals surface area contributed by atoms with Gasteiger partial charge in [-0.3, -0.25) is 0 Å². The minimum absolute atomic E-state index is 0.575. The van der Waals surface area contributed by atoms with Gasteiger partial charge >= 0.3 is 0 Å². The van der Waals surface area contributed by atoms with Crippen LogP contribution in [-0.2, 0) is 0 Å². The molecule has 13 heavy (non-hydrogen) atoms. The van der Waals surface area contributed by atoms with Crippen molar-refractivity contribution in [3.63, 3.8) is 0 Å². The van der Waals surface area contributed by atoms with Crippen molar-refractivity contribution >= 4 is 5.95 Å². The molecular weight excluding hydrogens is 164 g/mol. The van der Waals surface area contributed by atoms with Gasteiger partial charge in [-0.2, -0.15) is 5.26 Å². The fourth-order valence-corrected chi connectivity index (χ4v) is 1.06. The number of nitriles is 1. The van der Waals surface area contributed by atoms with E-state index in [9.17, 15) is 0 Å². The summed E-state index contributed by atoms with van der Waals surface area (Å²) < 4.78 is 0. The molecule has 0 spiro atoms. The average molecular weight is 176 g/mol. The van der Waals surface area contributed by atoms with E-state index in [2.05, 4.69) is 16.0 Å². The molecule has 0 N–H and O–H groups in total. The van der Waals surface area contributed by atoms with E-state index in [0.717, 1.165) is 11.4 Å². The van der Waals surface area contributed by atoms with Gasteiger partial charge in [0.25, 0.3) is 0 Å². The fraction of sp³-hybridized carbons (Fsp3) is 0.444. The maximum Gasteiger partial charge on any atom is 0.225 e. The second-order valence-corrected chi connectivity index (χ2v) is 3.08. The van der Waals surface area contributed by atoms with Crippen molar-refractivity contribution < 1.29 is 0 Å². The molecule has 0 saturated carbocycles. The number of aryl methyl sites for hydroxylation is 2. The molecule has 1 heterocycles.